The molecule has 108 valence electrons. The zero-order valence-corrected chi connectivity index (χ0v) is 12.4. The Kier molecular flexibility index (Phi) is 6.68. The first-order valence-corrected chi connectivity index (χ1v) is 6.89. The van der Waals surface area contributed by atoms with E-state index in [2.05, 4.69) is 36.1 Å². The predicted octanol–water partition coefficient (Wildman–Crippen LogP) is 1.80. The molecule has 0 atom stereocenters. The largest absolute Gasteiger partial charge is 0.351 e. The van der Waals surface area contributed by atoms with Gasteiger partial charge in [-0.2, -0.15) is 5.26 Å². The maximum atomic E-state index is 11.8. The van der Waals surface area contributed by atoms with Gasteiger partial charge in [-0.05, 0) is 52.4 Å². The van der Waals surface area contributed by atoms with Gasteiger partial charge in [0.05, 0.1) is 5.56 Å². The molecule has 1 rings (SSSR count). The summed E-state index contributed by atoms with van der Waals surface area (Å²) in [5.74, 6) is -0.188. The molecule has 0 saturated heterocycles. The lowest BCUT2D eigenvalue weighted by Gasteiger charge is -2.20. The Morgan fingerprint density at radius 1 is 1.45 bits per heavy atom. The normalized spacial score (nSPS) is 10.6. The van der Waals surface area contributed by atoms with Crippen LogP contribution in [-0.4, -0.2) is 42.0 Å². The van der Waals surface area contributed by atoms with Crippen LogP contribution in [0.25, 0.3) is 0 Å². The highest BCUT2D eigenvalue weighted by molar-refractivity contribution is 5.92. The summed E-state index contributed by atoms with van der Waals surface area (Å²) < 4.78 is 0. The average Bonchev–Trinajstić information content (AvgIpc) is 2.46. The zero-order chi connectivity index (χ0) is 15.0. The number of aromatic nitrogens is 1. The third-order valence-electron chi connectivity index (χ3n) is 3.23. The lowest BCUT2D eigenvalue weighted by Crippen LogP contribution is -2.29. The van der Waals surface area contributed by atoms with Gasteiger partial charge in [0.15, 0.2) is 0 Å². The second kappa shape index (κ2) is 8.28. The first-order valence-electron chi connectivity index (χ1n) is 6.89. The molecule has 0 radical (unpaired) electrons. The van der Waals surface area contributed by atoms with E-state index in [9.17, 15) is 4.79 Å². The Morgan fingerprint density at radius 2 is 2.20 bits per heavy atom. The van der Waals surface area contributed by atoms with Gasteiger partial charge in [0.25, 0.3) is 5.91 Å². The number of pyridine rings is 1. The van der Waals surface area contributed by atoms with E-state index < -0.39 is 0 Å². The molecule has 0 saturated carbocycles. The van der Waals surface area contributed by atoms with Crippen molar-refractivity contribution in [3.63, 3.8) is 0 Å². The summed E-state index contributed by atoms with van der Waals surface area (Å²) in [6, 6.07) is 5.69. The number of rotatable bonds is 7. The van der Waals surface area contributed by atoms with Crippen LogP contribution in [-0.2, 0) is 0 Å². The van der Waals surface area contributed by atoms with E-state index >= 15 is 0 Å². The van der Waals surface area contributed by atoms with Crippen LogP contribution in [0.15, 0.2) is 18.3 Å². The maximum absolute atomic E-state index is 11.8. The molecule has 0 aromatic carbocycles. The topological polar surface area (TPSA) is 69.0 Å². The fourth-order valence-electron chi connectivity index (χ4n) is 1.63. The van der Waals surface area contributed by atoms with E-state index in [1.807, 2.05) is 6.07 Å². The van der Waals surface area contributed by atoms with Crippen LogP contribution in [0.3, 0.4) is 0 Å². The van der Waals surface area contributed by atoms with Crippen molar-refractivity contribution < 1.29 is 4.79 Å². The summed E-state index contributed by atoms with van der Waals surface area (Å²) in [5.41, 5.74) is 0.807. The van der Waals surface area contributed by atoms with Crippen molar-refractivity contribution in [2.75, 3.05) is 20.1 Å². The average molecular weight is 274 g/mol. The zero-order valence-electron chi connectivity index (χ0n) is 12.4. The molecule has 0 bridgehead atoms. The van der Waals surface area contributed by atoms with Gasteiger partial charge in [-0.1, -0.05) is 0 Å². The summed E-state index contributed by atoms with van der Waals surface area (Å²) in [6.45, 7) is 6.01. The summed E-state index contributed by atoms with van der Waals surface area (Å²) >= 11 is 0. The minimum atomic E-state index is -0.188. The molecule has 0 aliphatic heterocycles. The van der Waals surface area contributed by atoms with E-state index in [0.717, 1.165) is 19.4 Å². The predicted molar refractivity (Wildman–Crippen MR) is 78.3 cm³/mol. The van der Waals surface area contributed by atoms with Crippen LogP contribution >= 0.6 is 0 Å². The molecule has 1 heterocycles. The van der Waals surface area contributed by atoms with Gasteiger partial charge in [-0.3, -0.25) is 4.79 Å². The van der Waals surface area contributed by atoms with Gasteiger partial charge < -0.3 is 10.2 Å². The Labute approximate surface area is 120 Å². The van der Waals surface area contributed by atoms with Crippen molar-refractivity contribution in [2.45, 2.75) is 32.7 Å². The van der Waals surface area contributed by atoms with Gasteiger partial charge in [0.1, 0.15) is 11.8 Å². The van der Waals surface area contributed by atoms with Crippen molar-refractivity contribution >= 4 is 5.91 Å². The molecule has 0 unspecified atom stereocenters. The van der Waals surface area contributed by atoms with Crippen molar-refractivity contribution in [1.29, 1.82) is 5.26 Å². The van der Waals surface area contributed by atoms with E-state index in [1.54, 1.807) is 12.1 Å². The molecule has 1 aromatic rings. The molecule has 5 heteroatoms. The molecular weight excluding hydrogens is 252 g/mol. The molecule has 1 aromatic heterocycles. The second-order valence-electron chi connectivity index (χ2n) is 5.08. The maximum Gasteiger partial charge on any atom is 0.269 e. The molecule has 0 spiro atoms. The number of hydrogen-bond donors (Lipinski definition) is 1. The number of nitrogens with one attached hydrogen (secondary N) is 1. The van der Waals surface area contributed by atoms with Crippen LogP contribution in [0.5, 0.6) is 0 Å². The van der Waals surface area contributed by atoms with Gasteiger partial charge >= 0.3 is 0 Å². The molecular formula is C15H22N4O. The first kappa shape index (κ1) is 16.1. The third kappa shape index (κ3) is 5.37. The lowest BCUT2D eigenvalue weighted by atomic mass is 10.2. The first-order chi connectivity index (χ1) is 9.54. The highest BCUT2D eigenvalue weighted by Gasteiger charge is 2.06. The summed E-state index contributed by atoms with van der Waals surface area (Å²) in [5, 5.41) is 11.5. The van der Waals surface area contributed by atoms with Crippen LogP contribution in [0.2, 0.25) is 0 Å². The Hall–Kier alpha value is -1.93. The fourth-order valence-corrected chi connectivity index (χ4v) is 1.63. The molecule has 20 heavy (non-hydrogen) atoms. The molecule has 0 fully saturated rings. The number of carbonyl (C=O) groups excluding carboxylic acids is 1. The third-order valence-corrected chi connectivity index (χ3v) is 3.23. The summed E-state index contributed by atoms with van der Waals surface area (Å²) in [4.78, 5) is 18.0. The van der Waals surface area contributed by atoms with Gasteiger partial charge in [-0.15, -0.1) is 0 Å². The minimum Gasteiger partial charge on any atom is -0.351 e. The SMILES string of the molecule is CC(C)N(C)CCCCNC(=O)c1ccc(C#N)cn1. The monoisotopic (exact) mass is 274 g/mol. The number of hydrogen-bond acceptors (Lipinski definition) is 4. The van der Waals surface area contributed by atoms with Crippen LogP contribution in [0.1, 0.15) is 42.7 Å². The number of unbranched alkanes of at least 4 members (excludes halogenated alkanes) is 1. The molecule has 5 nitrogen and oxygen atoms in total. The van der Waals surface area contributed by atoms with E-state index in [0.29, 0.717) is 23.8 Å². The van der Waals surface area contributed by atoms with E-state index in [4.69, 9.17) is 5.26 Å². The number of nitriles is 1. The quantitative estimate of drug-likeness (QED) is 0.770. The van der Waals surface area contributed by atoms with Crippen LogP contribution in [0.4, 0.5) is 0 Å². The Morgan fingerprint density at radius 3 is 2.75 bits per heavy atom. The minimum absolute atomic E-state index is 0.188. The highest BCUT2D eigenvalue weighted by Crippen LogP contribution is 2.00. The Bertz CT molecular complexity index is 462. The van der Waals surface area contributed by atoms with Crippen molar-refractivity contribution in [1.82, 2.24) is 15.2 Å². The van der Waals surface area contributed by atoms with Gasteiger partial charge in [-0.25, -0.2) is 4.98 Å². The second-order valence-corrected chi connectivity index (χ2v) is 5.08. The smallest absolute Gasteiger partial charge is 0.269 e. The van der Waals surface area contributed by atoms with Crippen molar-refractivity contribution in [3.8, 4) is 6.07 Å². The summed E-state index contributed by atoms with van der Waals surface area (Å²) in [6.07, 6.45) is 3.40. The number of amides is 1. The van der Waals surface area contributed by atoms with Gasteiger partial charge in [0, 0.05) is 18.8 Å². The van der Waals surface area contributed by atoms with Crippen molar-refractivity contribution in [3.05, 3.63) is 29.6 Å². The van der Waals surface area contributed by atoms with Gasteiger partial charge in [0.2, 0.25) is 0 Å². The van der Waals surface area contributed by atoms with Crippen LogP contribution < -0.4 is 5.32 Å². The van der Waals surface area contributed by atoms with E-state index in [-0.39, 0.29) is 5.91 Å². The summed E-state index contributed by atoms with van der Waals surface area (Å²) in [7, 11) is 2.10. The Balaban J connectivity index is 2.25. The molecule has 0 aliphatic carbocycles. The van der Waals surface area contributed by atoms with Crippen LogP contribution in [0, 0.1) is 11.3 Å². The highest BCUT2D eigenvalue weighted by atomic mass is 16.1. The standard InChI is InChI=1S/C15H22N4O/c1-12(2)19(3)9-5-4-8-17-15(20)14-7-6-13(10-16)11-18-14/h6-7,11-12H,4-5,8-9H2,1-3H3,(H,17,20). The fraction of sp³-hybridized carbons (Fsp3) is 0.533. The molecule has 0 aliphatic rings. The number of carbonyl (C=O) groups is 1. The molecule has 1 N–H and O–H groups in total. The number of nitrogens with zero attached hydrogens (tertiary/aromatic N) is 3. The van der Waals surface area contributed by atoms with E-state index in [1.165, 1.54) is 6.20 Å². The molecule has 1 amide bonds. The lowest BCUT2D eigenvalue weighted by molar-refractivity contribution is 0.0947. The van der Waals surface area contributed by atoms with Crippen molar-refractivity contribution in [2.24, 2.45) is 0 Å².